The number of nitrogens with zero attached hydrogens (tertiary/aromatic N) is 3. The van der Waals surface area contributed by atoms with Crippen molar-refractivity contribution in [1.29, 1.82) is 0 Å². The molecule has 1 amide bonds. The van der Waals surface area contributed by atoms with Gasteiger partial charge in [-0.1, -0.05) is 28.1 Å². The first-order valence-corrected chi connectivity index (χ1v) is 9.62. The maximum atomic E-state index is 12.1. The van der Waals surface area contributed by atoms with Crippen LogP contribution in [0.3, 0.4) is 0 Å². The van der Waals surface area contributed by atoms with Crippen molar-refractivity contribution in [2.24, 2.45) is 15.3 Å². The highest BCUT2D eigenvalue weighted by molar-refractivity contribution is 9.10. The number of carbonyl (C=O) groups excluding carboxylic acids is 1. The Bertz CT molecular complexity index is 1110. The van der Waals surface area contributed by atoms with Crippen LogP contribution >= 0.6 is 15.9 Å². The van der Waals surface area contributed by atoms with Gasteiger partial charge in [0.25, 0.3) is 5.91 Å². The molecule has 0 aromatic heterocycles. The number of rotatable bonds is 5. The normalized spacial score (nSPS) is 11.3. The molecule has 0 unspecified atom stereocenters. The summed E-state index contributed by atoms with van der Waals surface area (Å²) in [5, 5.41) is 22.4. The van der Waals surface area contributed by atoms with Gasteiger partial charge in [0, 0.05) is 15.6 Å². The van der Waals surface area contributed by atoms with Gasteiger partial charge < -0.3 is 5.11 Å². The lowest BCUT2D eigenvalue weighted by Crippen LogP contribution is -2.17. The van der Waals surface area contributed by atoms with Gasteiger partial charge in [0.15, 0.2) is 0 Å². The Morgan fingerprint density at radius 2 is 1.69 bits per heavy atom. The van der Waals surface area contributed by atoms with Crippen molar-refractivity contribution >= 4 is 39.4 Å². The lowest BCUT2D eigenvalue weighted by atomic mass is 10.1. The number of hydrogen-bond donors (Lipinski definition) is 2. The number of aromatic hydroxyl groups is 1. The SMILES string of the molecule is Cc1ccc(N=Nc2ccc(O)c(/C=N\NC(=O)c3cccc(Br)c3)c2)cc1C. The van der Waals surface area contributed by atoms with Crippen LogP contribution in [0.15, 0.2) is 80.5 Å². The van der Waals surface area contributed by atoms with Gasteiger partial charge in [0.05, 0.1) is 17.6 Å². The van der Waals surface area contributed by atoms with Gasteiger partial charge >= 0.3 is 0 Å². The first kappa shape index (κ1) is 20.4. The number of phenols is 1. The standard InChI is InChI=1S/C22H19BrN4O2/c1-14-6-7-19(10-15(14)2)25-26-20-8-9-21(28)17(12-20)13-24-27-22(29)16-4-3-5-18(23)11-16/h3-13,28H,1-2H3,(H,27,29)/b24-13-,26-25?. The molecule has 146 valence electrons. The summed E-state index contributed by atoms with van der Waals surface area (Å²) in [4.78, 5) is 12.1. The molecule has 0 radical (unpaired) electrons. The summed E-state index contributed by atoms with van der Waals surface area (Å²) in [7, 11) is 0. The van der Waals surface area contributed by atoms with Crippen molar-refractivity contribution in [2.45, 2.75) is 13.8 Å². The molecule has 0 spiro atoms. The van der Waals surface area contributed by atoms with E-state index < -0.39 is 0 Å². The van der Waals surface area contributed by atoms with Gasteiger partial charge in [-0.05, 0) is 73.5 Å². The van der Waals surface area contributed by atoms with Gasteiger partial charge in [-0.3, -0.25) is 4.79 Å². The van der Waals surface area contributed by atoms with Crippen LogP contribution in [0.25, 0.3) is 0 Å². The summed E-state index contributed by atoms with van der Waals surface area (Å²) < 4.78 is 0.800. The minimum atomic E-state index is -0.354. The maximum absolute atomic E-state index is 12.1. The van der Waals surface area contributed by atoms with Crippen LogP contribution in [0.4, 0.5) is 11.4 Å². The molecule has 0 atom stereocenters. The zero-order valence-corrected chi connectivity index (χ0v) is 17.5. The minimum Gasteiger partial charge on any atom is -0.507 e. The topological polar surface area (TPSA) is 86.4 Å². The number of benzene rings is 3. The molecule has 7 heteroatoms. The van der Waals surface area contributed by atoms with E-state index in [9.17, 15) is 9.90 Å². The summed E-state index contributed by atoms with van der Waals surface area (Å²) in [6.45, 7) is 4.06. The molecular formula is C22H19BrN4O2. The third-order valence-electron chi connectivity index (χ3n) is 4.24. The molecule has 29 heavy (non-hydrogen) atoms. The Kier molecular flexibility index (Phi) is 6.51. The van der Waals surface area contributed by atoms with Gasteiger partial charge in [-0.25, -0.2) is 5.43 Å². The second-order valence-corrected chi connectivity index (χ2v) is 7.34. The molecule has 3 aromatic carbocycles. The highest BCUT2D eigenvalue weighted by atomic mass is 79.9. The molecular weight excluding hydrogens is 432 g/mol. The second kappa shape index (κ2) is 9.25. The predicted molar refractivity (Wildman–Crippen MR) is 117 cm³/mol. The molecule has 0 bridgehead atoms. The number of phenolic OH excluding ortho intramolecular Hbond substituents is 1. The Morgan fingerprint density at radius 3 is 2.41 bits per heavy atom. The van der Waals surface area contributed by atoms with Crippen LogP contribution < -0.4 is 5.43 Å². The van der Waals surface area contributed by atoms with E-state index >= 15 is 0 Å². The Balaban J connectivity index is 1.71. The van der Waals surface area contributed by atoms with Crippen molar-refractivity contribution in [3.63, 3.8) is 0 Å². The van der Waals surface area contributed by atoms with E-state index in [1.54, 1.807) is 30.3 Å². The van der Waals surface area contributed by atoms with Gasteiger partial charge in [0.1, 0.15) is 5.75 Å². The summed E-state index contributed by atoms with van der Waals surface area (Å²) in [6.07, 6.45) is 1.36. The second-order valence-electron chi connectivity index (χ2n) is 6.42. The van der Waals surface area contributed by atoms with Crippen LogP contribution in [0, 0.1) is 13.8 Å². The molecule has 0 aliphatic heterocycles. The van der Waals surface area contributed by atoms with E-state index in [-0.39, 0.29) is 11.7 Å². The average Bonchev–Trinajstić information content (AvgIpc) is 2.70. The van der Waals surface area contributed by atoms with Gasteiger partial charge in [-0.15, -0.1) is 0 Å². The molecule has 0 heterocycles. The van der Waals surface area contributed by atoms with E-state index in [1.807, 2.05) is 38.1 Å². The third-order valence-corrected chi connectivity index (χ3v) is 4.73. The number of nitrogens with one attached hydrogen (secondary N) is 1. The number of aryl methyl sites for hydroxylation is 2. The molecule has 0 aliphatic rings. The lowest BCUT2D eigenvalue weighted by molar-refractivity contribution is 0.0955. The van der Waals surface area contributed by atoms with Crippen molar-refractivity contribution < 1.29 is 9.90 Å². The van der Waals surface area contributed by atoms with E-state index in [2.05, 4.69) is 36.7 Å². The Labute approximate surface area is 177 Å². The van der Waals surface area contributed by atoms with Crippen LogP contribution in [-0.2, 0) is 0 Å². The largest absolute Gasteiger partial charge is 0.507 e. The number of amides is 1. The van der Waals surface area contributed by atoms with E-state index in [4.69, 9.17) is 0 Å². The van der Waals surface area contributed by atoms with Crippen LogP contribution in [0.1, 0.15) is 27.0 Å². The van der Waals surface area contributed by atoms with E-state index in [0.717, 1.165) is 15.7 Å². The zero-order chi connectivity index (χ0) is 20.8. The fourth-order valence-electron chi connectivity index (χ4n) is 2.47. The molecule has 3 aromatic rings. The molecule has 6 nitrogen and oxygen atoms in total. The molecule has 3 rings (SSSR count). The first-order chi connectivity index (χ1) is 13.9. The molecule has 0 saturated heterocycles. The first-order valence-electron chi connectivity index (χ1n) is 8.83. The highest BCUT2D eigenvalue weighted by Gasteiger charge is 2.05. The fourth-order valence-corrected chi connectivity index (χ4v) is 2.86. The predicted octanol–water partition coefficient (Wildman–Crippen LogP) is 5.95. The van der Waals surface area contributed by atoms with Crippen molar-refractivity contribution in [3.8, 4) is 5.75 Å². The highest BCUT2D eigenvalue weighted by Crippen LogP contribution is 2.25. The summed E-state index contributed by atoms with van der Waals surface area (Å²) in [6, 6.07) is 17.6. The number of carbonyl (C=O) groups is 1. The molecule has 2 N–H and O–H groups in total. The van der Waals surface area contributed by atoms with Gasteiger partial charge in [0.2, 0.25) is 0 Å². The summed E-state index contributed by atoms with van der Waals surface area (Å²) in [5.41, 5.74) is 6.95. The number of hydrazone groups is 1. The van der Waals surface area contributed by atoms with Crippen molar-refractivity contribution in [1.82, 2.24) is 5.43 Å². The van der Waals surface area contributed by atoms with Crippen molar-refractivity contribution in [3.05, 3.63) is 87.4 Å². The monoisotopic (exact) mass is 450 g/mol. The fraction of sp³-hybridized carbons (Fsp3) is 0.0909. The summed E-state index contributed by atoms with van der Waals surface area (Å²) >= 11 is 3.32. The summed E-state index contributed by atoms with van der Waals surface area (Å²) in [5.74, 6) is -0.330. The van der Waals surface area contributed by atoms with Crippen LogP contribution in [0.2, 0.25) is 0 Å². The number of hydrogen-bond acceptors (Lipinski definition) is 5. The third kappa shape index (κ3) is 5.58. The van der Waals surface area contributed by atoms with E-state index in [1.165, 1.54) is 17.8 Å². The molecule has 0 aliphatic carbocycles. The minimum absolute atomic E-state index is 0.0237. The Hall–Kier alpha value is -3.32. The zero-order valence-electron chi connectivity index (χ0n) is 15.9. The maximum Gasteiger partial charge on any atom is 0.271 e. The van der Waals surface area contributed by atoms with Crippen molar-refractivity contribution in [2.75, 3.05) is 0 Å². The molecule has 0 fully saturated rings. The lowest BCUT2D eigenvalue weighted by Gasteiger charge is -2.02. The molecule has 0 saturated carbocycles. The average molecular weight is 451 g/mol. The smallest absolute Gasteiger partial charge is 0.271 e. The quantitative estimate of drug-likeness (QED) is 0.285. The van der Waals surface area contributed by atoms with Crippen LogP contribution in [0.5, 0.6) is 5.75 Å². The van der Waals surface area contributed by atoms with Crippen LogP contribution in [-0.4, -0.2) is 17.2 Å². The van der Waals surface area contributed by atoms with E-state index in [0.29, 0.717) is 16.8 Å². The number of halogens is 1. The number of azo groups is 1. The Morgan fingerprint density at radius 1 is 0.966 bits per heavy atom. The van der Waals surface area contributed by atoms with Gasteiger partial charge in [-0.2, -0.15) is 15.3 Å².